The monoisotopic (exact) mass is 282 g/mol. The molecule has 1 saturated heterocycles. The Hall–Kier alpha value is -1.07. The summed E-state index contributed by atoms with van der Waals surface area (Å²) in [5, 5.41) is 6.50. The number of piperidine rings is 1. The number of rotatable bonds is 8. The zero-order chi connectivity index (χ0) is 14.6. The summed E-state index contributed by atoms with van der Waals surface area (Å²) in [7, 11) is 1.76. The molecule has 0 spiro atoms. The lowest BCUT2D eigenvalue weighted by atomic mass is 9.97. The van der Waals surface area contributed by atoms with Gasteiger partial charge in [0.25, 0.3) is 0 Å². The van der Waals surface area contributed by atoms with Crippen LogP contribution in [0.25, 0.3) is 0 Å². The minimum absolute atomic E-state index is 0.702. The second-order valence-electron chi connectivity index (χ2n) is 5.17. The molecule has 1 aliphatic heterocycles. The predicted octanol–water partition coefficient (Wildman–Crippen LogP) is 1.09. The molecule has 116 valence electrons. The summed E-state index contributed by atoms with van der Waals surface area (Å²) in [6, 6.07) is 0. The Morgan fingerprint density at radius 2 is 2.15 bits per heavy atom. The number of nitrogens with zero attached hydrogens (tertiary/aromatic N) is 2. The van der Waals surface area contributed by atoms with Gasteiger partial charge in [-0.1, -0.05) is 6.08 Å². The van der Waals surface area contributed by atoms with Gasteiger partial charge in [-0.25, -0.2) is 0 Å². The van der Waals surface area contributed by atoms with Crippen molar-refractivity contribution in [3.63, 3.8) is 0 Å². The summed E-state index contributed by atoms with van der Waals surface area (Å²) in [6.07, 6.45) is 4.31. The lowest BCUT2D eigenvalue weighted by Crippen LogP contribution is -2.39. The number of guanidine groups is 1. The molecule has 0 radical (unpaired) electrons. The predicted molar refractivity (Wildman–Crippen MR) is 85.2 cm³/mol. The van der Waals surface area contributed by atoms with E-state index in [4.69, 9.17) is 4.74 Å². The van der Waals surface area contributed by atoms with E-state index < -0.39 is 0 Å². The molecule has 1 rings (SSSR count). The van der Waals surface area contributed by atoms with Gasteiger partial charge in [0.15, 0.2) is 5.96 Å². The van der Waals surface area contributed by atoms with Gasteiger partial charge in [-0.3, -0.25) is 4.99 Å². The maximum absolute atomic E-state index is 5.13. The average Bonchev–Trinajstić information content (AvgIpc) is 2.49. The van der Waals surface area contributed by atoms with E-state index in [-0.39, 0.29) is 0 Å². The highest BCUT2D eigenvalue weighted by molar-refractivity contribution is 5.79. The molecule has 0 saturated carbocycles. The molecule has 0 aromatic rings. The molecule has 0 unspecified atom stereocenters. The van der Waals surface area contributed by atoms with Crippen LogP contribution in [0.15, 0.2) is 17.6 Å². The third-order valence-corrected chi connectivity index (χ3v) is 3.58. The number of ether oxygens (including phenoxy) is 1. The van der Waals surface area contributed by atoms with Crippen LogP contribution in [0.4, 0.5) is 0 Å². The Bertz CT molecular complexity index is 286. The summed E-state index contributed by atoms with van der Waals surface area (Å²) >= 11 is 0. The van der Waals surface area contributed by atoms with Crippen LogP contribution in [0.1, 0.15) is 19.8 Å². The highest BCUT2D eigenvalue weighted by atomic mass is 16.5. The largest absolute Gasteiger partial charge is 0.383 e. The molecular formula is C15H30N4O. The fourth-order valence-electron chi connectivity index (χ4n) is 2.34. The van der Waals surface area contributed by atoms with Crippen molar-refractivity contribution in [2.45, 2.75) is 19.8 Å². The molecule has 5 heteroatoms. The number of hydrogen-bond donors (Lipinski definition) is 2. The van der Waals surface area contributed by atoms with Crippen LogP contribution >= 0.6 is 0 Å². The van der Waals surface area contributed by atoms with Crippen molar-refractivity contribution in [2.75, 3.05) is 53.0 Å². The molecule has 1 heterocycles. The maximum atomic E-state index is 5.13. The first-order valence-electron chi connectivity index (χ1n) is 7.64. The van der Waals surface area contributed by atoms with Crippen molar-refractivity contribution < 1.29 is 4.74 Å². The second-order valence-corrected chi connectivity index (χ2v) is 5.17. The van der Waals surface area contributed by atoms with Crippen LogP contribution in [0, 0.1) is 5.92 Å². The average molecular weight is 282 g/mol. The summed E-state index contributed by atoms with van der Waals surface area (Å²) in [5.41, 5.74) is 0. The Balaban J connectivity index is 2.28. The van der Waals surface area contributed by atoms with Crippen molar-refractivity contribution in [3.8, 4) is 0 Å². The summed E-state index contributed by atoms with van der Waals surface area (Å²) in [6.45, 7) is 12.6. The fourth-order valence-corrected chi connectivity index (χ4v) is 2.34. The summed E-state index contributed by atoms with van der Waals surface area (Å²) < 4.78 is 5.13. The number of hydrogen-bond acceptors (Lipinski definition) is 3. The molecule has 0 aromatic heterocycles. The molecule has 0 bridgehead atoms. The van der Waals surface area contributed by atoms with Crippen molar-refractivity contribution >= 4 is 5.96 Å². The molecule has 1 fully saturated rings. The van der Waals surface area contributed by atoms with E-state index in [1.165, 1.54) is 25.9 Å². The number of aliphatic imine (C=N–C) groups is 1. The van der Waals surface area contributed by atoms with E-state index in [9.17, 15) is 0 Å². The van der Waals surface area contributed by atoms with Gasteiger partial charge in [0, 0.05) is 33.3 Å². The zero-order valence-corrected chi connectivity index (χ0v) is 13.0. The highest BCUT2D eigenvalue weighted by Crippen LogP contribution is 2.17. The number of nitrogens with one attached hydrogen (secondary N) is 2. The van der Waals surface area contributed by atoms with Crippen molar-refractivity contribution in [1.82, 2.24) is 15.5 Å². The van der Waals surface area contributed by atoms with E-state index in [0.717, 1.165) is 38.7 Å². The van der Waals surface area contributed by atoms with Gasteiger partial charge in [0.05, 0.1) is 6.61 Å². The standard InChI is InChI=1S/C15H30N4O/c1-4-8-17-15(16-5-2)18-13-14-6-9-19(10-7-14)11-12-20-3/h4,14H,1,5-13H2,2-3H3,(H2,16,17,18). The number of methoxy groups -OCH3 is 1. The lowest BCUT2D eigenvalue weighted by molar-refractivity contribution is 0.121. The van der Waals surface area contributed by atoms with E-state index >= 15 is 0 Å². The number of likely N-dealkylation sites (tertiary alicyclic amines) is 1. The van der Waals surface area contributed by atoms with Crippen LogP contribution < -0.4 is 10.6 Å². The van der Waals surface area contributed by atoms with E-state index in [2.05, 4.69) is 34.0 Å². The smallest absolute Gasteiger partial charge is 0.191 e. The van der Waals surface area contributed by atoms with Crippen LogP contribution in [0.2, 0.25) is 0 Å². The van der Waals surface area contributed by atoms with Crippen molar-refractivity contribution in [1.29, 1.82) is 0 Å². The van der Waals surface area contributed by atoms with Gasteiger partial charge >= 0.3 is 0 Å². The van der Waals surface area contributed by atoms with E-state index in [0.29, 0.717) is 5.92 Å². The van der Waals surface area contributed by atoms with E-state index in [1.54, 1.807) is 7.11 Å². The third-order valence-electron chi connectivity index (χ3n) is 3.58. The lowest BCUT2D eigenvalue weighted by Gasteiger charge is -2.31. The van der Waals surface area contributed by atoms with Gasteiger partial charge < -0.3 is 20.3 Å². The topological polar surface area (TPSA) is 48.9 Å². The van der Waals surface area contributed by atoms with Gasteiger partial charge in [-0.15, -0.1) is 6.58 Å². The molecular weight excluding hydrogens is 252 g/mol. The normalized spacial score (nSPS) is 18.0. The van der Waals surface area contributed by atoms with Gasteiger partial charge in [-0.2, -0.15) is 0 Å². The van der Waals surface area contributed by atoms with Crippen molar-refractivity contribution in [2.24, 2.45) is 10.9 Å². The van der Waals surface area contributed by atoms with Gasteiger partial charge in [0.2, 0.25) is 0 Å². The van der Waals surface area contributed by atoms with Gasteiger partial charge in [0.1, 0.15) is 0 Å². The Labute approximate surface area is 123 Å². The van der Waals surface area contributed by atoms with Crippen LogP contribution in [0.5, 0.6) is 0 Å². The molecule has 0 amide bonds. The Morgan fingerprint density at radius 1 is 1.40 bits per heavy atom. The van der Waals surface area contributed by atoms with E-state index in [1.807, 2.05) is 6.08 Å². The molecule has 1 aliphatic rings. The fraction of sp³-hybridized carbons (Fsp3) is 0.800. The first-order chi connectivity index (χ1) is 9.80. The van der Waals surface area contributed by atoms with Crippen LogP contribution in [-0.4, -0.2) is 63.8 Å². The first-order valence-corrected chi connectivity index (χ1v) is 7.64. The summed E-state index contributed by atoms with van der Waals surface area (Å²) in [5.74, 6) is 1.60. The first kappa shape index (κ1) is 17.0. The quantitative estimate of drug-likeness (QED) is 0.397. The van der Waals surface area contributed by atoms with Gasteiger partial charge in [-0.05, 0) is 38.8 Å². The van der Waals surface area contributed by atoms with Crippen LogP contribution in [-0.2, 0) is 4.74 Å². The third kappa shape index (κ3) is 6.91. The Kier molecular flexibility index (Phi) is 9.07. The zero-order valence-electron chi connectivity index (χ0n) is 13.0. The van der Waals surface area contributed by atoms with Crippen molar-refractivity contribution in [3.05, 3.63) is 12.7 Å². The van der Waals surface area contributed by atoms with Crippen LogP contribution in [0.3, 0.4) is 0 Å². The molecule has 0 atom stereocenters. The molecule has 0 aromatic carbocycles. The Morgan fingerprint density at radius 3 is 2.75 bits per heavy atom. The summed E-state index contributed by atoms with van der Waals surface area (Å²) in [4.78, 5) is 7.14. The minimum Gasteiger partial charge on any atom is -0.383 e. The molecule has 0 aliphatic carbocycles. The highest BCUT2D eigenvalue weighted by Gasteiger charge is 2.18. The molecule has 5 nitrogen and oxygen atoms in total. The molecule has 2 N–H and O–H groups in total. The molecule has 20 heavy (non-hydrogen) atoms. The second kappa shape index (κ2) is 10.7. The maximum Gasteiger partial charge on any atom is 0.191 e. The minimum atomic E-state index is 0.702. The SMILES string of the molecule is C=CCNC(=NCC1CCN(CCOC)CC1)NCC.